The van der Waals surface area contributed by atoms with Crippen LogP contribution in [0.25, 0.3) is 11.3 Å². The number of aromatic nitrogens is 2. The number of carbonyl (C=O) groups is 2. The van der Waals surface area contributed by atoms with Gasteiger partial charge in [0.15, 0.2) is 0 Å². The summed E-state index contributed by atoms with van der Waals surface area (Å²) in [4.78, 5) is 29.9. The molecule has 1 aliphatic heterocycles. The molecule has 0 bridgehead atoms. The minimum absolute atomic E-state index is 0.00575. The smallest absolute Gasteiger partial charge is 0.299 e. The van der Waals surface area contributed by atoms with Gasteiger partial charge in [-0.05, 0) is 67.6 Å². The molecule has 0 N–H and O–H groups in total. The Labute approximate surface area is 233 Å². The lowest BCUT2D eigenvalue weighted by molar-refractivity contribution is -0.121. The molecule has 0 atom stereocenters. The molecule has 7 rings (SSSR count). The van der Waals surface area contributed by atoms with Gasteiger partial charge in [-0.2, -0.15) is 0 Å². The van der Waals surface area contributed by atoms with Gasteiger partial charge < -0.3 is 14.0 Å². The van der Waals surface area contributed by atoms with Crippen LogP contribution in [0.5, 0.6) is 11.6 Å². The van der Waals surface area contributed by atoms with Gasteiger partial charge in [-0.15, -0.1) is 0 Å². The van der Waals surface area contributed by atoms with Gasteiger partial charge in [0.2, 0.25) is 11.8 Å². The SMILES string of the molecule is O=COc1ccc(N2C(=O)C3(CC3)c3cc(OCc4c(-c5c(Cl)cccc5Cl)noc4C4CC4)ccc32)cn1. The Kier molecular flexibility index (Phi) is 5.64. The Hall–Kier alpha value is -3.88. The van der Waals surface area contributed by atoms with Crippen molar-refractivity contribution in [3.8, 4) is 22.9 Å². The van der Waals surface area contributed by atoms with E-state index in [1.165, 1.54) is 6.20 Å². The van der Waals surface area contributed by atoms with E-state index in [0.717, 1.165) is 48.3 Å². The van der Waals surface area contributed by atoms with Crippen LogP contribution in [0.15, 0.2) is 59.3 Å². The van der Waals surface area contributed by atoms with Crippen LogP contribution in [0.1, 0.15) is 48.5 Å². The number of amides is 1. The second kappa shape index (κ2) is 9.10. The minimum Gasteiger partial charge on any atom is -0.489 e. The molecule has 3 aliphatic rings. The van der Waals surface area contributed by atoms with E-state index >= 15 is 0 Å². The number of hydrogen-bond acceptors (Lipinski definition) is 7. The van der Waals surface area contributed by atoms with Gasteiger partial charge in [0, 0.05) is 17.5 Å². The van der Waals surface area contributed by atoms with Gasteiger partial charge in [0.1, 0.15) is 23.8 Å². The molecule has 196 valence electrons. The number of benzene rings is 2. The van der Waals surface area contributed by atoms with Crippen LogP contribution in [-0.2, 0) is 21.6 Å². The van der Waals surface area contributed by atoms with Crippen LogP contribution in [0.4, 0.5) is 11.4 Å². The highest BCUT2D eigenvalue weighted by Gasteiger charge is 2.59. The summed E-state index contributed by atoms with van der Waals surface area (Å²) in [7, 11) is 0. The molecular weight excluding hydrogens is 541 g/mol. The maximum Gasteiger partial charge on any atom is 0.299 e. The molecule has 4 aromatic rings. The van der Waals surface area contributed by atoms with Crippen LogP contribution in [0.2, 0.25) is 10.0 Å². The number of carbonyl (C=O) groups excluding carboxylic acids is 2. The Bertz CT molecular complexity index is 1610. The maximum atomic E-state index is 13.5. The summed E-state index contributed by atoms with van der Waals surface area (Å²) in [6.07, 6.45) is 5.14. The summed E-state index contributed by atoms with van der Waals surface area (Å²) in [5.74, 6) is 1.93. The molecule has 39 heavy (non-hydrogen) atoms. The molecule has 0 saturated heterocycles. The molecule has 2 saturated carbocycles. The molecule has 1 spiro atoms. The first-order valence-corrected chi connectivity index (χ1v) is 13.4. The van der Waals surface area contributed by atoms with Crippen LogP contribution >= 0.6 is 23.2 Å². The molecule has 8 nitrogen and oxygen atoms in total. The average molecular weight is 562 g/mol. The molecule has 1 amide bonds. The van der Waals surface area contributed by atoms with E-state index in [-0.39, 0.29) is 18.4 Å². The van der Waals surface area contributed by atoms with Crippen molar-refractivity contribution in [2.24, 2.45) is 0 Å². The van der Waals surface area contributed by atoms with Crippen molar-refractivity contribution in [2.75, 3.05) is 4.90 Å². The van der Waals surface area contributed by atoms with Gasteiger partial charge in [-0.1, -0.05) is 34.4 Å². The summed E-state index contributed by atoms with van der Waals surface area (Å²) in [6, 6.07) is 14.3. The van der Waals surface area contributed by atoms with Crippen molar-refractivity contribution in [1.29, 1.82) is 0 Å². The second-order valence-corrected chi connectivity index (χ2v) is 10.8. The van der Waals surface area contributed by atoms with Crippen LogP contribution in [0, 0.1) is 0 Å². The highest BCUT2D eigenvalue weighted by molar-refractivity contribution is 6.39. The first-order valence-electron chi connectivity index (χ1n) is 12.6. The number of rotatable bonds is 8. The fraction of sp³-hybridized carbons (Fsp3) is 0.241. The molecule has 0 radical (unpaired) electrons. The largest absolute Gasteiger partial charge is 0.489 e. The first kappa shape index (κ1) is 24.2. The van der Waals surface area contributed by atoms with E-state index in [1.807, 2.05) is 18.2 Å². The van der Waals surface area contributed by atoms with E-state index in [4.69, 9.17) is 37.2 Å². The fourth-order valence-electron chi connectivity index (χ4n) is 5.31. The Morgan fingerprint density at radius 3 is 2.56 bits per heavy atom. The lowest BCUT2D eigenvalue weighted by Gasteiger charge is -2.18. The van der Waals surface area contributed by atoms with E-state index in [1.54, 1.807) is 35.2 Å². The Balaban J connectivity index is 1.20. The monoisotopic (exact) mass is 561 g/mol. The van der Waals surface area contributed by atoms with Gasteiger partial charge in [-0.3, -0.25) is 14.5 Å². The third-order valence-electron chi connectivity index (χ3n) is 7.58. The fourth-order valence-corrected chi connectivity index (χ4v) is 5.89. The molecule has 2 aromatic carbocycles. The van der Waals surface area contributed by atoms with Gasteiger partial charge in [0.05, 0.1) is 38.6 Å². The number of halogens is 2. The zero-order valence-corrected chi connectivity index (χ0v) is 22.0. The van der Waals surface area contributed by atoms with Crippen molar-refractivity contribution in [2.45, 2.75) is 43.6 Å². The summed E-state index contributed by atoms with van der Waals surface area (Å²) in [5, 5.41) is 5.32. The summed E-state index contributed by atoms with van der Waals surface area (Å²) >= 11 is 13.0. The molecule has 2 aromatic heterocycles. The number of nitrogens with zero attached hydrogens (tertiary/aromatic N) is 3. The standard InChI is InChI=1S/C29H21Cl2N3O5/c30-21-2-1-3-22(31)25(21)26-19(27(39-33-26)16-4-5-16)14-37-18-7-8-23-20(12-18)29(10-11-29)28(36)34(23)17-6-9-24(32-13-17)38-15-35/h1-3,6-9,12-13,15-16H,4-5,10-11,14H2. The number of ether oxygens (including phenoxy) is 2. The topological polar surface area (TPSA) is 94.8 Å². The lowest BCUT2D eigenvalue weighted by atomic mass is 9.98. The summed E-state index contributed by atoms with van der Waals surface area (Å²) in [5.41, 5.74) is 3.82. The van der Waals surface area contributed by atoms with E-state index < -0.39 is 5.41 Å². The zero-order chi connectivity index (χ0) is 26.7. The van der Waals surface area contributed by atoms with Crippen molar-refractivity contribution in [3.05, 3.63) is 81.7 Å². The van der Waals surface area contributed by atoms with Crippen molar-refractivity contribution in [3.63, 3.8) is 0 Å². The number of pyridine rings is 1. The second-order valence-electron chi connectivity index (χ2n) is 10.0. The normalized spacial score (nSPS) is 16.9. The number of fused-ring (bicyclic) bond motifs is 2. The lowest BCUT2D eigenvalue weighted by Crippen LogP contribution is -2.27. The van der Waals surface area contributed by atoms with E-state index in [0.29, 0.717) is 45.1 Å². The number of anilines is 2. The predicted molar refractivity (Wildman–Crippen MR) is 144 cm³/mol. The molecule has 0 unspecified atom stereocenters. The molecule has 3 heterocycles. The van der Waals surface area contributed by atoms with E-state index in [2.05, 4.69) is 10.1 Å². The predicted octanol–water partition coefficient (Wildman–Crippen LogP) is 6.74. The van der Waals surface area contributed by atoms with Crippen molar-refractivity contribution >= 4 is 47.0 Å². The first-order chi connectivity index (χ1) is 19.0. The van der Waals surface area contributed by atoms with Gasteiger partial charge >= 0.3 is 0 Å². The third-order valence-corrected chi connectivity index (χ3v) is 8.21. The molecule has 10 heteroatoms. The van der Waals surface area contributed by atoms with Crippen molar-refractivity contribution < 1.29 is 23.6 Å². The van der Waals surface area contributed by atoms with Crippen LogP contribution < -0.4 is 14.4 Å². The molecular formula is C29H21Cl2N3O5. The maximum absolute atomic E-state index is 13.5. The quantitative estimate of drug-likeness (QED) is 0.220. The van der Waals surface area contributed by atoms with Crippen molar-refractivity contribution in [1.82, 2.24) is 10.1 Å². The molecule has 2 aliphatic carbocycles. The number of hydrogen-bond donors (Lipinski definition) is 0. The minimum atomic E-state index is -0.556. The summed E-state index contributed by atoms with van der Waals surface area (Å²) < 4.78 is 16.8. The van der Waals surface area contributed by atoms with Gasteiger partial charge in [-0.25, -0.2) is 4.98 Å². The molecule has 2 fully saturated rings. The Morgan fingerprint density at radius 1 is 1.10 bits per heavy atom. The summed E-state index contributed by atoms with van der Waals surface area (Å²) in [6.45, 7) is 0.538. The average Bonchev–Trinajstić information content (AvgIpc) is 3.86. The van der Waals surface area contributed by atoms with Gasteiger partial charge in [0.25, 0.3) is 6.47 Å². The van der Waals surface area contributed by atoms with Crippen LogP contribution in [0.3, 0.4) is 0 Å². The Morgan fingerprint density at radius 2 is 1.90 bits per heavy atom. The highest BCUT2D eigenvalue weighted by Crippen LogP contribution is 2.59. The zero-order valence-electron chi connectivity index (χ0n) is 20.5. The van der Waals surface area contributed by atoms with E-state index in [9.17, 15) is 9.59 Å². The third kappa shape index (κ3) is 3.97. The van der Waals surface area contributed by atoms with Crippen LogP contribution in [-0.4, -0.2) is 22.5 Å². The highest BCUT2D eigenvalue weighted by atomic mass is 35.5.